The summed E-state index contributed by atoms with van der Waals surface area (Å²) in [6.45, 7) is 9.27. The van der Waals surface area contributed by atoms with Gasteiger partial charge in [0.1, 0.15) is 6.04 Å². The summed E-state index contributed by atoms with van der Waals surface area (Å²) in [7, 11) is 0. The first-order valence-corrected chi connectivity index (χ1v) is 7.81. The molecule has 1 fully saturated rings. The van der Waals surface area contributed by atoms with Gasteiger partial charge in [-0.25, -0.2) is 4.79 Å². The zero-order chi connectivity index (χ0) is 16.3. The van der Waals surface area contributed by atoms with Crippen LogP contribution in [0.5, 0.6) is 0 Å². The Morgan fingerprint density at radius 2 is 2.27 bits per heavy atom. The van der Waals surface area contributed by atoms with Crippen molar-refractivity contribution in [3.05, 3.63) is 11.7 Å². The van der Waals surface area contributed by atoms with E-state index >= 15 is 0 Å². The van der Waals surface area contributed by atoms with Gasteiger partial charge in [-0.1, -0.05) is 25.9 Å². The Morgan fingerprint density at radius 3 is 2.86 bits per heavy atom. The molecule has 22 heavy (non-hydrogen) atoms. The molecule has 0 aromatic carbocycles. The summed E-state index contributed by atoms with van der Waals surface area (Å²) in [4.78, 5) is 18.4. The van der Waals surface area contributed by atoms with Crippen LogP contribution >= 0.6 is 0 Å². The first kappa shape index (κ1) is 16.7. The maximum Gasteiger partial charge on any atom is 0.318 e. The van der Waals surface area contributed by atoms with Crippen molar-refractivity contribution in [3.8, 4) is 0 Å². The van der Waals surface area contributed by atoms with E-state index in [-0.39, 0.29) is 30.0 Å². The first-order chi connectivity index (χ1) is 10.3. The van der Waals surface area contributed by atoms with E-state index in [1.807, 2.05) is 27.7 Å². The first-order valence-electron chi connectivity index (χ1n) is 7.81. The fourth-order valence-corrected chi connectivity index (χ4v) is 2.45. The van der Waals surface area contributed by atoms with Crippen molar-refractivity contribution in [2.45, 2.75) is 52.0 Å². The molecular formula is C15H26N4O3. The van der Waals surface area contributed by atoms with Crippen LogP contribution in [0, 0.1) is 5.92 Å². The number of nitrogens with one attached hydrogen (secondary N) is 1. The van der Waals surface area contributed by atoms with Gasteiger partial charge in [0.05, 0.1) is 0 Å². The second-order valence-electron chi connectivity index (χ2n) is 7.01. The maximum absolute atomic E-state index is 12.3. The largest absolute Gasteiger partial charge is 0.396 e. The molecule has 2 amide bonds. The lowest BCUT2D eigenvalue weighted by atomic mass is 9.96. The summed E-state index contributed by atoms with van der Waals surface area (Å²) in [5.41, 5.74) is -0.188. The Bertz CT molecular complexity index is 509. The number of amides is 2. The van der Waals surface area contributed by atoms with Crippen molar-refractivity contribution in [1.29, 1.82) is 0 Å². The molecule has 1 aliphatic heterocycles. The monoisotopic (exact) mass is 310 g/mol. The molecule has 0 saturated carbocycles. The van der Waals surface area contributed by atoms with Crippen LogP contribution in [0.4, 0.5) is 4.79 Å². The zero-order valence-electron chi connectivity index (χ0n) is 13.8. The Kier molecular flexibility index (Phi) is 5.05. The van der Waals surface area contributed by atoms with Crippen LogP contribution in [0.1, 0.15) is 58.3 Å². The van der Waals surface area contributed by atoms with E-state index in [0.29, 0.717) is 24.8 Å². The molecule has 0 radical (unpaired) electrons. The number of urea groups is 1. The Hall–Kier alpha value is -1.63. The highest BCUT2D eigenvalue weighted by molar-refractivity contribution is 5.74. The van der Waals surface area contributed by atoms with E-state index in [1.54, 1.807) is 4.90 Å². The van der Waals surface area contributed by atoms with Crippen LogP contribution in [0.3, 0.4) is 0 Å². The Morgan fingerprint density at radius 1 is 1.55 bits per heavy atom. The minimum atomic E-state index is -0.342. The number of aromatic nitrogens is 2. The molecule has 7 heteroatoms. The molecule has 7 nitrogen and oxygen atoms in total. The summed E-state index contributed by atoms with van der Waals surface area (Å²) in [5, 5.41) is 16.1. The number of carbonyl (C=O) groups is 1. The molecule has 2 heterocycles. The predicted octanol–water partition coefficient (Wildman–Crippen LogP) is 1.84. The van der Waals surface area contributed by atoms with Crippen LogP contribution in [0.2, 0.25) is 0 Å². The maximum atomic E-state index is 12.3. The van der Waals surface area contributed by atoms with Crippen LogP contribution < -0.4 is 5.32 Å². The molecule has 1 aromatic rings. The number of aliphatic hydroxyl groups excluding tert-OH is 1. The van der Waals surface area contributed by atoms with E-state index < -0.39 is 0 Å². The normalized spacial score (nSPS) is 20.8. The summed E-state index contributed by atoms with van der Waals surface area (Å²) in [6.07, 6.45) is 1.89. The minimum Gasteiger partial charge on any atom is -0.396 e. The Labute approximate surface area is 131 Å². The number of nitrogens with zero attached hydrogens (tertiary/aromatic N) is 3. The van der Waals surface area contributed by atoms with E-state index in [1.165, 1.54) is 0 Å². The van der Waals surface area contributed by atoms with Crippen LogP contribution in [0.25, 0.3) is 0 Å². The molecule has 0 bridgehead atoms. The molecule has 2 N–H and O–H groups in total. The topological polar surface area (TPSA) is 91.5 Å². The summed E-state index contributed by atoms with van der Waals surface area (Å²) < 4.78 is 5.25. The molecule has 1 aromatic heterocycles. The van der Waals surface area contributed by atoms with Gasteiger partial charge in [0.15, 0.2) is 5.82 Å². The highest BCUT2D eigenvalue weighted by Gasteiger charge is 2.27. The van der Waals surface area contributed by atoms with Gasteiger partial charge < -0.3 is 19.8 Å². The molecule has 1 aliphatic rings. The molecule has 124 valence electrons. The number of aliphatic hydroxyl groups is 1. The molecular weight excluding hydrogens is 284 g/mol. The molecule has 0 spiro atoms. The lowest BCUT2D eigenvalue weighted by Gasteiger charge is -2.32. The lowest BCUT2D eigenvalue weighted by molar-refractivity contribution is 0.127. The Balaban J connectivity index is 1.95. The fourth-order valence-electron chi connectivity index (χ4n) is 2.45. The summed E-state index contributed by atoms with van der Waals surface area (Å²) in [6, 6.07) is -0.494. The SMILES string of the molecule is CC(NC(=O)N1CCCC(CO)C1)c1nc(C(C)(C)C)no1. The van der Waals surface area contributed by atoms with E-state index in [4.69, 9.17) is 4.52 Å². The number of piperidine rings is 1. The van der Waals surface area contributed by atoms with Crippen molar-refractivity contribution >= 4 is 6.03 Å². The standard InChI is InChI=1S/C15H26N4O3/c1-10(12-17-13(18-22-12)15(2,3)4)16-14(21)19-7-5-6-11(8-19)9-20/h10-11,20H,5-9H2,1-4H3,(H,16,21). The molecule has 0 aliphatic carbocycles. The number of rotatable bonds is 3. The molecule has 2 atom stereocenters. The third-order valence-electron chi connectivity index (χ3n) is 3.89. The van der Waals surface area contributed by atoms with Gasteiger partial charge in [0.25, 0.3) is 0 Å². The van der Waals surface area contributed by atoms with E-state index in [0.717, 1.165) is 12.8 Å². The van der Waals surface area contributed by atoms with Crippen LogP contribution in [-0.2, 0) is 5.41 Å². The van der Waals surface area contributed by atoms with Gasteiger partial charge in [-0.05, 0) is 25.7 Å². The van der Waals surface area contributed by atoms with Gasteiger partial charge in [-0.3, -0.25) is 0 Å². The minimum absolute atomic E-state index is 0.123. The van der Waals surface area contributed by atoms with Crippen LogP contribution in [0.15, 0.2) is 4.52 Å². The number of carbonyl (C=O) groups excluding carboxylic acids is 1. The predicted molar refractivity (Wildman–Crippen MR) is 81.3 cm³/mol. The van der Waals surface area contributed by atoms with Crippen molar-refractivity contribution < 1.29 is 14.4 Å². The van der Waals surface area contributed by atoms with Gasteiger partial charge in [-0.15, -0.1) is 0 Å². The average molecular weight is 310 g/mol. The fraction of sp³-hybridized carbons (Fsp3) is 0.800. The molecule has 2 rings (SSSR count). The number of hydrogen-bond donors (Lipinski definition) is 2. The van der Waals surface area contributed by atoms with Crippen molar-refractivity contribution in [1.82, 2.24) is 20.4 Å². The molecule has 2 unspecified atom stereocenters. The lowest BCUT2D eigenvalue weighted by Crippen LogP contribution is -2.46. The number of likely N-dealkylation sites (tertiary alicyclic amines) is 1. The quantitative estimate of drug-likeness (QED) is 0.889. The van der Waals surface area contributed by atoms with Crippen molar-refractivity contribution in [3.63, 3.8) is 0 Å². The third-order valence-corrected chi connectivity index (χ3v) is 3.89. The van der Waals surface area contributed by atoms with Gasteiger partial charge in [-0.2, -0.15) is 4.98 Å². The second-order valence-corrected chi connectivity index (χ2v) is 7.01. The highest BCUT2D eigenvalue weighted by atomic mass is 16.5. The van der Waals surface area contributed by atoms with E-state index in [2.05, 4.69) is 15.5 Å². The van der Waals surface area contributed by atoms with Gasteiger partial charge >= 0.3 is 6.03 Å². The highest BCUT2D eigenvalue weighted by Crippen LogP contribution is 2.21. The van der Waals surface area contributed by atoms with Gasteiger partial charge in [0, 0.05) is 25.1 Å². The smallest absolute Gasteiger partial charge is 0.318 e. The summed E-state index contributed by atoms with van der Waals surface area (Å²) in [5.74, 6) is 1.21. The van der Waals surface area contributed by atoms with Crippen molar-refractivity contribution in [2.75, 3.05) is 19.7 Å². The zero-order valence-corrected chi connectivity index (χ0v) is 13.8. The average Bonchev–Trinajstić information content (AvgIpc) is 2.97. The second kappa shape index (κ2) is 6.64. The van der Waals surface area contributed by atoms with Gasteiger partial charge in [0.2, 0.25) is 5.89 Å². The third kappa shape index (κ3) is 3.97. The summed E-state index contributed by atoms with van der Waals surface area (Å²) >= 11 is 0. The van der Waals surface area contributed by atoms with Crippen LogP contribution in [-0.4, -0.2) is 45.9 Å². The van der Waals surface area contributed by atoms with Crippen molar-refractivity contribution in [2.24, 2.45) is 5.92 Å². The van der Waals surface area contributed by atoms with E-state index in [9.17, 15) is 9.90 Å². The number of hydrogen-bond acceptors (Lipinski definition) is 5. The molecule has 1 saturated heterocycles.